The topological polar surface area (TPSA) is 81.4 Å². The molecule has 0 saturated heterocycles. The van der Waals surface area contributed by atoms with E-state index in [1.807, 2.05) is 0 Å². The van der Waals surface area contributed by atoms with E-state index in [2.05, 4.69) is 10.1 Å². The Balaban J connectivity index is 2.88. The summed E-state index contributed by atoms with van der Waals surface area (Å²) in [5, 5.41) is 2.44. The van der Waals surface area contributed by atoms with Crippen molar-refractivity contribution < 1.29 is 18.7 Å². The van der Waals surface area contributed by atoms with Crippen LogP contribution in [0.2, 0.25) is 0 Å². The molecule has 5 nitrogen and oxygen atoms in total. The van der Waals surface area contributed by atoms with Gasteiger partial charge in [0.2, 0.25) is 0 Å². The third-order valence-corrected chi connectivity index (χ3v) is 2.50. The maximum atomic E-state index is 13.2. The van der Waals surface area contributed by atoms with Gasteiger partial charge in [-0.1, -0.05) is 13.0 Å². The van der Waals surface area contributed by atoms with Crippen molar-refractivity contribution in [2.45, 2.75) is 19.4 Å². The Morgan fingerprint density at radius 3 is 2.72 bits per heavy atom. The van der Waals surface area contributed by atoms with Crippen LogP contribution in [0.25, 0.3) is 0 Å². The van der Waals surface area contributed by atoms with E-state index in [-0.39, 0.29) is 11.3 Å². The lowest BCUT2D eigenvalue weighted by atomic mass is 10.1. The number of halogens is 1. The van der Waals surface area contributed by atoms with Crippen LogP contribution in [0.5, 0.6) is 0 Å². The van der Waals surface area contributed by atoms with Crippen LogP contribution in [0.1, 0.15) is 23.7 Å². The second-order valence-corrected chi connectivity index (χ2v) is 3.66. The molecule has 0 aromatic heterocycles. The SMILES string of the molecule is CCC(NC(=O)c1cccc(F)c1N)C(=O)OC. The van der Waals surface area contributed by atoms with Gasteiger partial charge in [0.05, 0.1) is 18.4 Å². The first-order valence-corrected chi connectivity index (χ1v) is 5.44. The van der Waals surface area contributed by atoms with Crippen LogP contribution in [0.4, 0.5) is 10.1 Å². The first-order valence-electron chi connectivity index (χ1n) is 5.44. The lowest BCUT2D eigenvalue weighted by Gasteiger charge is -2.15. The lowest BCUT2D eigenvalue weighted by Crippen LogP contribution is -2.41. The summed E-state index contributed by atoms with van der Waals surface area (Å²) in [6.07, 6.45) is 0.369. The summed E-state index contributed by atoms with van der Waals surface area (Å²) >= 11 is 0. The maximum Gasteiger partial charge on any atom is 0.328 e. The minimum atomic E-state index is -0.773. The summed E-state index contributed by atoms with van der Waals surface area (Å²) in [5.74, 6) is -1.83. The number of nitrogens with one attached hydrogen (secondary N) is 1. The quantitative estimate of drug-likeness (QED) is 0.622. The molecular formula is C12H15FN2O3. The number of carbonyl (C=O) groups excluding carboxylic acids is 2. The van der Waals surface area contributed by atoms with E-state index in [4.69, 9.17) is 5.73 Å². The lowest BCUT2D eigenvalue weighted by molar-refractivity contribution is -0.142. The zero-order valence-electron chi connectivity index (χ0n) is 10.2. The molecule has 1 aromatic carbocycles. The van der Waals surface area contributed by atoms with Crippen LogP contribution in [0, 0.1) is 5.82 Å². The molecule has 0 heterocycles. The van der Waals surface area contributed by atoms with Crippen molar-refractivity contribution in [3.8, 4) is 0 Å². The molecule has 18 heavy (non-hydrogen) atoms. The summed E-state index contributed by atoms with van der Waals surface area (Å²) in [7, 11) is 1.23. The molecule has 1 unspecified atom stereocenters. The molecule has 3 N–H and O–H groups in total. The fourth-order valence-corrected chi connectivity index (χ4v) is 1.44. The number of nitrogens with two attached hydrogens (primary N) is 1. The van der Waals surface area contributed by atoms with Crippen LogP contribution >= 0.6 is 0 Å². The van der Waals surface area contributed by atoms with Crippen LogP contribution < -0.4 is 11.1 Å². The van der Waals surface area contributed by atoms with Gasteiger partial charge in [0.25, 0.3) is 5.91 Å². The predicted octanol–water partition coefficient (Wildman–Crippen LogP) is 1.09. The van der Waals surface area contributed by atoms with E-state index in [1.54, 1.807) is 6.92 Å². The summed E-state index contributed by atoms with van der Waals surface area (Å²) in [6, 6.07) is 3.14. The van der Waals surface area contributed by atoms with Gasteiger partial charge >= 0.3 is 5.97 Å². The molecule has 6 heteroatoms. The molecule has 0 spiro atoms. The monoisotopic (exact) mass is 254 g/mol. The third kappa shape index (κ3) is 2.97. The van der Waals surface area contributed by atoms with Crippen molar-refractivity contribution in [3.63, 3.8) is 0 Å². The summed E-state index contributed by atoms with van der Waals surface area (Å²) < 4.78 is 17.7. The Bertz CT molecular complexity index is 463. The molecule has 1 aromatic rings. The number of anilines is 1. The van der Waals surface area contributed by atoms with Gasteiger partial charge in [0.1, 0.15) is 11.9 Å². The highest BCUT2D eigenvalue weighted by Crippen LogP contribution is 2.15. The highest BCUT2D eigenvalue weighted by Gasteiger charge is 2.21. The minimum Gasteiger partial charge on any atom is -0.467 e. The minimum absolute atomic E-state index is 0.00245. The third-order valence-electron chi connectivity index (χ3n) is 2.50. The zero-order valence-corrected chi connectivity index (χ0v) is 10.2. The highest BCUT2D eigenvalue weighted by molar-refractivity contribution is 6.01. The number of hydrogen-bond donors (Lipinski definition) is 2. The number of methoxy groups -OCH3 is 1. The maximum absolute atomic E-state index is 13.2. The summed E-state index contributed by atoms with van der Waals surface area (Å²) in [5.41, 5.74) is 5.21. The fraction of sp³-hybridized carbons (Fsp3) is 0.333. The van der Waals surface area contributed by atoms with Gasteiger partial charge in [0, 0.05) is 0 Å². The van der Waals surface area contributed by atoms with E-state index in [1.165, 1.54) is 19.2 Å². The molecule has 0 bridgehead atoms. The number of nitrogen functional groups attached to an aromatic ring is 1. The number of rotatable bonds is 4. The van der Waals surface area contributed by atoms with Gasteiger partial charge in [-0.25, -0.2) is 9.18 Å². The second kappa shape index (κ2) is 6.00. The molecule has 0 saturated carbocycles. The summed E-state index contributed by atoms with van der Waals surface area (Å²) in [6.45, 7) is 1.72. The van der Waals surface area contributed by atoms with Crippen molar-refractivity contribution in [2.75, 3.05) is 12.8 Å². The average molecular weight is 254 g/mol. The largest absolute Gasteiger partial charge is 0.467 e. The predicted molar refractivity (Wildman–Crippen MR) is 64.4 cm³/mol. The Kier molecular flexibility index (Phi) is 4.65. The van der Waals surface area contributed by atoms with Gasteiger partial charge in [-0.05, 0) is 18.6 Å². The van der Waals surface area contributed by atoms with Gasteiger partial charge < -0.3 is 15.8 Å². The van der Waals surface area contributed by atoms with Crippen LogP contribution in [0.15, 0.2) is 18.2 Å². The first-order chi connectivity index (χ1) is 8.51. The summed E-state index contributed by atoms with van der Waals surface area (Å²) in [4.78, 5) is 23.2. The van der Waals surface area contributed by atoms with E-state index < -0.39 is 23.7 Å². The molecule has 1 atom stereocenters. The average Bonchev–Trinajstić information content (AvgIpc) is 2.37. The van der Waals surface area contributed by atoms with Crippen molar-refractivity contribution in [2.24, 2.45) is 0 Å². The fourth-order valence-electron chi connectivity index (χ4n) is 1.44. The van der Waals surface area contributed by atoms with Crippen molar-refractivity contribution in [1.82, 2.24) is 5.32 Å². The van der Waals surface area contributed by atoms with Crippen molar-refractivity contribution in [3.05, 3.63) is 29.6 Å². The molecule has 0 aliphatic rings. The van der Waals surface area contributed by atoms with Gasteiger partial charge in [0.15, 0.2) is 0 Å². The van der Waals surface area contributed by atoms with E-state index in [0.717, 1.165) is 6.07 Å². The molecule has 0 aliphatic carbocycles. The Hall–Kier alpha value is -2.11. The molecule has 1 rings (SSSR count). The number of benzene rings is 1. The Labute approximate surface area is 104 Å². The smallest absolute Gasteiger partial charge is 0.328 e. The molecule has 0 radical (unpaired) electrons. The Morgan fingerprint density at radius 1 is 1.50 bits per heavy atom. The van der Waals surface area contributed by atoms with E-state index in [0.29, 0.717) is 6.42 Å². The van der Waals surface area contributed by atoms with E-state index >= 15 is 0 Å². The van der Waals surface area contributed by atoms with Gasteiger partial charge in [-0.2, -0.15) is 0 Å². The molecular weight excluding hydrogens is 239 g/mol. The number of para-hydroxylation sites is 1. The number of ether oxygens (including phenoxy) is 1. The first kappa shape index (κ1) is 14.0. The highest BCUT2D eigenvalue weighted by atomic mass is 19.1. The van der Waals surface area contributed by atoms with E-state index in [9.17, 15) is 14.0 Å². The second-order valence-electron chi connectivity index (χ2n) is 3.66. The number of esters is 1. The normalized spacial score (nSPS) is 11.7. The molecule has 98 valence electrons. The number of hydrogen-bond acceptors (Lipinski definition) is 4. The van der Waals surface area contributed by atoms with Crippen molar-refractivity contribution in [1.29, 1.82) is 0 Å². The zero-order chi connectivity index (χ0) is 13.7. The van der Waals surface area contributed by atoms with Gasteiger partial charge in [-0.15, -0.1) is 0 Å². The Morgan fingerprint density at radius 2 is 2.17 bits per heavy atom. The standard InChI is InChI=1S/C12H15FN2O3/c1-3-9(12(17)18-2)15-11(16)7-5-4-6-8(13)10(7)14/h4-6,9H,3,14H2,1-2H3,(H,15,16). The molecule has 0 fully saturated rings. The van der Waals surface area contributed by atoms with Gasteiger partial charge in [-0.3, -0.25) is 4.79 Å². The molecule has 0 aliphatic heterocycles. The number of amides is 1. The van der Waals surface area contributed by atoms with Crippen LogP contribution in [-0.4, -0.2) is 25.0 Å². The van der Waals surface area contributed by atoms with Crippen LogP contribution in [-0.2, 0) is 9.53 Å². The van der Waals surface area contributed by atoms with Crippen molar-refractivity contribution >= 4 is 17.6 Å². The van der Waals surface area contributed by atoms with Crippen LogP contribution in [0.3, 0.4) is 0 Å². The molecule has 1 amide bonds. The number of carbonyl (C=O) groups is 2.